The van der Waals surface area contributed by atoms with Crippen molar-refractivity contribution in [3.8, 4) is 11.5 Å². The third-order valence-electron chi connectivity index (χ3n) is 12.2. The van der Waals surface area contributed by atoms with Gasteiger partial charge in [-0.15, -0.1) is 0 Å². The number of rotatable bonds is 8. The van der Waals surface area contributed by atoms with E-state index < -0.39 is 19.2 Å². The van der Waals surface area contributed by atoms with Gasteiger partial charge in [0.05, 0.1) is 0 Å². The molecule has 2 aliphatic rings. The van der Waals surface area contributed by atoms with E-state index in [9.17, 15) is 10.2 Å². The van der Waals surface area contributed by atoms with Crippen LogP contribution >= 0.6 is 14.2 Å². The normalized spacial score (nSPS) is 21.2. The molecule has 1 saturated carbocycles. The molecular formula is C48H64O2S2Zr. The van der Waals surface area contributed by atoms with Gasteiger partial charge in [-0.1, -0.05) is 0 Å². The van der Waals surface area contributed by atoms with Gasteiger partial charge in [-0.2, -0.15) is 0 Å². The Kier molecular flexibility index (Phi) is 12.2. The van der Waals surface area contributed by atoms with Crippen LogP contribution in [0, 0.1) is 0 Å². The molecule has 6 rings (SSSR count). The van der Waals surface area contributed by atoms with Crippen LogP contribution in [0.1, 0.15) is 152 Å². The third-order valence-corrected chi connectivity index (χ3v) is 33.9. The first-order valence-corrected chi connectivity index (χ1v) is 28.8. The molecule has 1 aliphatic heterocycles. The molecule has 2 nitrogen and oxygen atoms in total. The van der Waals surface area contributed by atoms with Crippen LogP contribution < -0.4 is 0 Å². The number of fused-ring (bicyclic) bond motifs is 1. The first-order chi connectivity index (χ1) is 24.9. The van der Waals surface area contributed by atoms with E-state index in [1.54, 1.807) is 0 Å². The number of phenols is 2. The molecule has 0 amide bonds. The van der Waals surface area contributed by atoms with E-state index in [2.05, 4.69) is 154 Å². The van der Waals surface area contributed by atoms with Crippen LogP contribution in [-0.2, 0) is 52.3 Å². The van der Waals surface area contributed by atoms with Crippen molar-refractivity contribution in [2.24, 2.45) is 0 Å². The molecule has 3 unspecified atom stereocenters. The standard InChI is InChI=1S/C48H64O2S2.Zr/c1-45(2,3)37-27-33(43(49)39(29-37)47(7,8)35-21-15-13-16-22-35)31-51-41-25-19-11-12-20-26-42(41)52-32-34-28-38(46(4,5)6)30-40(44(34)50)48(9,10)36-23-17-14-18-24-36;/h13-18,21-24,27-30,41-42,49-50H,11-12,19-20,25-26,31-32H2,1-10H3;/t41-,42?;/m0./s1. The number of hydrogen-bond donors (Lipinski definition) is 2. The zero-order valence-corrected chi connectivity index (χ0v) is 38.2. The fraction of sp³-hybridized carbons (Fsp3) is 0.500. The van der Waals surface area contributed by atoms with Gasteiger partial charge >= 0.3 is 336 Å². The number of hydrogen-bond acceptors (Lipinski definition) is 2. The average Bonchev–Trinajstić information content (AvgIpc) is 3.39. The Bertz CT molecular complexity index is 1870. The SMILES string of the molecule is CC(C)(C)c1cc(C[S]2=[Zr]=[S](Cc3cc(C(C)(C)C)cc(C(C)(C)c4ccccc4)c3O)[C@H]3CCCCCCC32)c(O)c(C(C)(C)c2ccccc2)c1. The molecule has 1 fully saturated rings. The molecule has 0 bridgehead atoms. The molecule has 2 N–H and O–H groups in total. The topological polar surface area (TPSA) is 40.5 Å². The van der Waals surface area contributed by atoms with Crippen molar-refractivity contribution in [1.29, 1.82) is 0 Å². The summed E-state index contributed by atoms with van der Waals surface area (Å²) in [4.78, 5) is 0. The van der Waals surface area contributed by atoms with Gasteiger partial charge in [0.1, 0.15) is 0 Å². The summed E-state index contributed by atoms with van der Waals surface area (Å²) in [5.41, 5.74) is 8.94. The van der Waals surface area contributed by atoms with Crippen molar-refractivity contribution in [3.05, 3.63) is 129 Å². The maximum atomic E-state index is 12.3. The van der Waals surface area contributed by atoms with Gasteiger partial charge < -0.3 is 0 Å². The van der Waals surface area contributed by atoms with E-state index in [1.165, 1.54) is 71.9 Å². The third kappa shape index (κ3) is 8.74. The van der Waals surface area contributed by atoms with E-state index in [0.717, 1.165) is 33.1 Å². The average molecular weight is 828 g/mol. The van der Waals surface area contributed by atoms with Crippen LogP contribution in [0.25, 0.3) is 0 Å². The molecule has 4 aromatic rings. The van der Waals surface area contributed by atoms with Crippen LogP contribution in [-0.4, -0.2) is 20.7 Å². The Balaban J connectivity index is 1.48. The van der Waals surface area contributed by atoms with E-state index in [-0.39, 0.29) is 21.7 Å². The van der Waals surface area contributed by atoms with Gasteiger partial charge in [-0.05, 0) is 0 Å². The minimum atomic E-state index is -0.892. The van der Waals surface area contributed by atoms with Gasteiger partial charge in [0.25, 0.3) is 0 Å². The molecule has 0 spiro atoms. The van der Waals surface area contributed by atoms with Gasteiger partial charge in [0.15, 0.2) is 0 Å². The summed E-state index contributed by atoms with van der Waals surface area (Å²) in [7, 11) is 0.635. The Morgan fingerprint density at radius 1 is 0.509 bits per heavy atom. The number of aromatic hydroxyl groups is 2. The van der Waals surface area contributed by atoms with Gasteiger partial charge in [0, 0.05) is 0 Å². The molecule has 53 heavy (non-hydrogen) atoms. The summed E-state index contributed by atoms with van der Waals surface area (Å²) in [6, 6.07) is 30.8. The van der Waals surface area contributed by atoms with Crippen molar-refractivity contribution in [3.63, 3.8) is 0 Å². The summed E-state index contributed by atoms with van der Waals surface area (Å²) in [6.07, 6.45) is 8.04. The second kappa shape index (κ2) is 15.9. The van der Waals surface area contributed by atoms with Crippen LogP contribution in [0.5, 0.6) is 11.5 Å². The molecule has 1 heterocycles. The van der Waals surface area contributed by atoms with E-state index >= 15 is 0 Å². The molecule has 1 aliphatic carbocycles. The van der Waals surface area contributed by atoms with E-state index in [0.29, 0.717) is 25.7 Å². The second-order valence-corrected chi connectivity index (χ2v) is 34.4. The van der Waals surface area contributed by atoms with Crippen LogP contribution in [0.4, 0.5) is 0 Å². The van der Waals surface area contributed by atoms with E-state index in [1.807, 2.05) is 0 Å². The number of benzene rings is 4. The Labute approximate surface area is 333 Å². The van der Waals surface area contributed by atoms with Gasteiger partial charge in [-0.3, -0.25) is 0 Å². The summed E-state index contributed by atoms with van der Waals surface area (Å²) in [5.74, 6) is 3.09. The molecule has 284 valence electrons. The quantitative estimate of drug-likeness (QED) is 0.186. The summed E-state index contributed by atoms with van der Waals surface area (Å²) < 4.78 is 0. The monoisotopic (exact) mass is 826 g/mol. The Hall–Kier alpha value is -1.94. The van der Waals surface area contributed by atoms with Crippen LogP contribution in [0.2, 0.25) is 0 Å². The first kappa shape index (κ1) is 40.7. The fourth-order valence-corrected chi connectivity index (χ4v) is 37.3. The fourth-order valence-electron chi connectivity index (χ4n) is 8.39. The first-order valence-electron chi connectivity index (χ1n) is 19.9. The molecule has 4 aromatic carbocycles. The Morgan fingerprint density at radius 2 is 0.868 bits per heavy atom. The summed E-state index contributed by atoms with van der Waals surface area (Å²) >= 11 is -0.892. The van der Waals surface area contributed by atoms with Crippen molar-refractivity contribution in [1.82, 2.24) is 0 Å². The van der Waals surface area contributed by atoms with Crippen molar-refractivity contribution < 1.29 is 29.4 Å². The minimum absolute atomic E-state index is 0.0172. The van der Waals surface area contributed by atoms with E-state index in [4.69, 9.17) is 0 Å². The number of phenolic OH excluding ortho intramolecular Hbond substituents is 2. The molecule has 0 radical (unpaired) electrons. The Morgan fingerprint density at radius 3 is 1.21 bits per heavy atom. The zero-order chi connectivity index (χ0) is 38.3. The van der Waals surface area contributed by atoms with Gasteiger partial charge in [0.2, 0.25) is 0 Å². The summed E-state index contributed by atoms with van der Waals surface area (Å²) in [5, 5.41) is 26.0. The molecule has 4 atom stereocenters. The predicted octanol–water partition coefficient (Wildman–Crippen LogP) is 13.6. The zero-order valence-electron chi connectivity index (χ0n) is 34.1. The predicted molar refractivity (Wildman–Crippen MR) is 229 cm³/mol. The van der Waals surface area contributed by atoms with Crippen molar-refractivity contribution >= 4 is 14.2 Å². The molecule has 0 saturated heterocycles. The van der Waals surface area contributed by atoms with Crippen LogP contribution in [0.15, 0.2) is 84.9 Å². The van der Waals surface area contributed by atoms with Crippen molar-refractivity contribution in [2.75, 3.05) is 0 Å². The van der Waals surface area contributed by atoms with Crippen LogP contribution in [0.3, 0.4) is 0 Å². The maximum absolute atomic E-state index is 12.3. The molecule has 5 heteroatoms. The van der Waals surface area contributed by atoms with Crippen molar-refractivity contribution in [2.45, 2.75) is 151 Å². The van der Waals surface area contributed by atoms with Gasteiger partial charge in [-0.25, -0.2) is 0 Å². The molecular weight excluding hydrogens is 764 g/mol. The second-order valence-electron chi connectivity index (χ2n) is 18.8. The molecule has 0 aromatic heterocycles. The summed E-state index contributed by atoms with van der Waals surface area (Å²) in [6.45, 7) is 23.0.